The van der Waals surface area contributed by atoms with Crippen LogP contribution in [0.3, 0.4) is 0 Å². The van der Waals surface area contributed by atoms with Crippen LogP contribution < -0.4 is 10.6 Å². The number of para-hydroxylation sites is 1. The van der Waals surface area contributed by atoms with Gasteiger partial charge in [-0.15, -0.1) is 11.8 Å². The summed E-state index contributed by atoms with van der Waals surface area (Å²) in [5.74, 6) is 0.439. The number of nitrogens with zero attached hydrogens (tertiary/aromatic N) is 1. The molecule has 0 bridgehead atoms. The van der Waals surface area contributed by atoms with Gasteiger partial charge < -0.3 is 15.4 Å². The minimum Gasteiger partial charge on any atom is -0.364 e. The largest absolute Gasteiger partial charge is 0.364 e. The lowest BCUT2D eigenvalue weighted by Gasteiger charge is -2.25. The monoisotopic (exact) mass is 374 g/mol. The Morgan fingerprint density at radius 1 is 1.15 bits per heavy atom. The molecule has 3 rings (SSSR count). The third-order valence-electron chi connectivity index (χ3n) is 4.38. The number of carbonyl (C=O) groups is 1. The van der Waals surface area contributed by atoms with Crippen LogP contribution in [0.15, 0.2) is 59.5 Å². The van der Waals surface area contributed by atoms with Gasteiger partial charge in [0, 0.05) is 29.4 Å². The van der Waals surface area contributed by atoms with E-state index in [9.17, 15) is 9.18 Å². The quantitative estimate of drug-likeness (QED) is 0.754. The number of benzene rings is 2. The van der Waals surface area contributed by atoms with Crippen LogP contribution in [0.2, 0.25) is 0 Å². The molecule has 2 N–H and O–H groups in total. The van der Waals surface area contributed by atoms with Crippen LogP contribution in [0.25, 0.3) is 0 Å². The van der Waals surface area contributed by atoms with E-state index in [2.05, 4.69) is 0 Å². The van der Waals surface area contributed by atoms with E-state index in [0.717, 1.165) is 17.0 Å². The van der Waals surface area contributed by atoms with Crippen molar-refractivity contribution in [3.63, 3.8) is 0 Å². The highest BCUT2D eigenvalue weighted by molar-refractivity contribution is 7.99. The molecule has 2 atom stereocenters. The summed E-state index contributed by atoms with van der Waals surface area (Å²) in [5.41, 5.74) is 6.52. The van der Waals surface area contributed by atoms with Crippen LogP contribution >= 0.6 is 11.8 Å². The molecule has 2 aromatic carbocycles. The number of hydrogen-bond donors (Lipinski definition) is 1. The molecule has 6 heteroatoms. The van der Waals surface area contributed by atoms with Gasteiger partial charge in [-0.2, -0.15) is 0 Å². The lowest BCUT2D eigenvalue weighted by molar-refractivity contribution is -0.129. The maximum atomic E-state index is 13.0. The third-order valence-corrected chi connectivity index (χ3v) is 5.37. The molecule has 1 heterocycles. The van der Waals surface area contributed by atoms with E-state index in [1.165, 1.54) is 12.1 Å². The van der Waals surface area contributed by atoms with Gasteiger partial charge in [0.1, 0.15) is 11.9 Å². The summed E-state index contributed by atoms with van der Waals surface area (Å²) < 4.78 is 18.8. The Kier molecular flexibility index (Phi) is 6.66. The molecule has 1 fully saturated rings. The number of ether oxygens (including phenoxy) is 1. The molecule has 0 saturated carbocycles. The molecule has 4 nitrogen and oxygen atoms in total. The Hall–Kier alpha value is -1.89. The van der Waals surface area contributed by atoms with Gasteiger partial charge in [0.15, 0.2) is 0 Å². The lowest BCUT2D eigenvalue weighted by Crippen LogP contribution is -2.41. The first-order chi connectivity index (χ1) is 12.7. The van der Waals surface area contributed by atoms with Crippen LogP contribution in [0.5, 0.6) is 0 Å². The fourth-order valence-corrected chi connectivity index (χ4v) is 3.83. The summed E-state index contributed by atoms with van der Waals surface area (Å²) >= 11 is 1.60. The predicted molar refractivity (Wildman–Crippen MR) is 103 cm³/mol. The zero-order valence-electron chi connectivity index (χ0n) is 14.5. The summed E-state index contributed by atoms with van der Waals surface area (Å²) in [4.78, 5) is 15.8. The number of anilines is 1. The van der Waals surface area contributed by atoms with Crippen LogP contribution in [0, 0.1) is 5.82 Å². The van der Waals surface area contributed by atoms with Crippen molar-refractivity contribution < 1.29 is 13.9 Å². The Morgan fingerprint density at radius 2 is 1.88 bits per heavy atom. The highest BCUT2D eigenvalue weighted by Crippen LogP contribution is 2.25. The average Bonchev–Trinajstić information content (AvgIpc) is 3.16. The van der Waals surface area contributed by atoms with Gasteiger partial charge in [-0.05, 0) is 49.2 Å². The van der Waals surface area contributed by atoms with E-state index in [1.807, 2.05) is 30.3 Å². The molecule has 26 heavy (non-hydrogen) atoms. The number of carbonyl (C=O) groups excluding carboxylic acids is 1. The Bertz CT molecular complexity index is 712. The highest BCUT2D eigenvalue weighted by Gasteiger charge is 2.33. The fourth-order valence-electron chi connectivity index (χ4n) is 2.99. The molecular weight excluding hydrogens is 351 g/mol. The van der Waals surface area contributed by atoms with Crippen molar-refractivity contribution in [1.82, 2.24) is 0 Å². The summed E-state index contributed by atoms with van der Waals surface area (Å²) in [5, 5.41) is 0. The minimum atomic E-state index is -0.431. The number of amides is 1. The Labute approximate surface area is 157 Å². The molecule has 0 radical (unpaired) electrons. The summed E-state index contributed by atoms with van der Waals surface area (Å²) in [7, 11) is 0. The van der Waals surface area contributed by atoms with Crippen LogP contribution in [0.1, 0.15) is 12.8 Å². The second-order valence-corrected chi connectivity index (χ2v) is 7.36. The van der Waals surface area contributed by atoms with Crippen molar-refractivity contribution >= 4 is 23.4 Å². The zero-order chi connectivity index (χ0) is 18.4. The minimum absolute atomic E-state index is 0.0214. The summed E-state index contributed by atoms with van der Waals surface area (Å²) in [6.45, 7) is 0.994. The highest BCUT2D eigenvalue weighted by atomic mass is 32.2. The van der Waals surface area contributed by atoms with E-state index < -0.39 is 6.10 Å². The maximum Gasteiger partial charge on any atom is 0.256 e. The predicted octanol–water partition coefficient (Wildman–Crippen LogP) is 3.46. The molecule has 0 unspecified atom stereocenters. The van der Waals surface area contributed by atoms with Crippen molar-refractivity contribution in [2.24, 2.45) is 5.73 Å². The van der Waals surface area contributed by atoms with Crippen molar-refractivity contribution in [2.75, 3.05) is 23.7 Å². The summed E-state index contributed by atoms with van der Waals surface area (Å²) in [6.07, 6.45) is 1.06. The first-order valence-electron chi connectivity index (χ1n) is 8.77. The topological polar surface area (TPSA) is 55.6 Å². The van der Waals surface area contributed by atoms with Gasteiger partial charge in [0.2, 0.25) is 0 Å². The van der Waals surface area contributed by atoms with E-state index >= 15 is 0 Å². The van der Waals surface area contributed by atoms with Crippen LogP contribution in [-0.4, -0.2) is 37.0 Å². The maximum absolute atomic E-state index is 13.0. The second-order valence-electron chi connectivity index (χ2n) is 6.19. The fraction of sp³-hybridized carbons (Fsp3) is 0.350. The molecule has 1 aliphatic heterocycles. The standard InChI is InChI=1S/C20H23FN2O2S/c21-15-6-9-18(10-7-15)26-13-12-23(16-4-2-1-3-5-16)20(24)19-11-8-17(14-22)25-19/h1-7,9-10,17,19H,8,11-14,22H2/t17-,19+/m1/s1. The van der Waals surface area contributed by atoms with Gasteiger partial charge >= 0.3 is 0 Å². The second kappa shape index (κ2) is 9.16. The van der Waals surface area contributed by atoms with E-state index in [-0.39, 0.29) is 17.8 Å². The van der Waals surface area contributed by atoms with Gasteiger partial charge in [0.25, 0.3) is 5.91 Å². The first-order valence-corrected chi connectivity index (χ1v) is 9.76. The molecule has 0 aromatic heterocycles. The Morgan fingerprint density at radius 3 is 2.54 bits per heavy atom. The third kappa shape index (κ3) is 4.84. The van der Waals surface area contributed by atoms with Gasteiger partial charge in [-0.1, -0.05) is 18.2 Å². The van der Waals surface area contributed by atoms with Crippen LogP contribution in [-0.2, 0) is 9.53 Å². The van der Waals surface area contributed by atoms with Crippen molar-refractivity contribution in [3.05, 3.63) is 60.4 Å². The number of rotatable bonds is 7. The average molecular weight is 374 g/mol. The van der Waals surface area contributed by atoms with Crippen molar-refractivity contribution in [3.8, 4) is 0 Å². The zero-order valence-corrected chi connectivity index (χ0v) is 15.3. The SMILES string of the molecule is NC[C@H]1CC[C@@H](C(=O)N(CCSc2ccc(F)cc2)c2ccccc2)O1. The van der Waals surface area contributed by atoms with E-state index in [4.69, 9.17) is 10.5 Å². The number of nitrogens with two attached hydrogens (primary N) is 1. The van der Waals surface area contributed by atoms with E-state index in [1.54, 1.807) is 28.8 Å². The smallest absolute Gasteiger partial charge is 0.256 e. The molecule has 1 amide bonds. The van der Waals surface area contributed by atoms with E-state index in [0.29, 0.717) is 25.3 Å². The number of thioether (sulfide) groups is 1. The normalized spacial score (nSPS) is 19.5. The van der Waals surface area contributed by atoms with Gasteiger partial charge in [0.05, 0.1) is 6.10 Å². The molecule has 2 aromatic rings. The Balaban J connectivity index is 1.65. The number of halogens is 1. The summed E-state index contributed by atoms with van der Waals surface area (Å²) in [6, 6.07) is 16.0. The van der Waals surface area contributed by atoms with Gasteiger partial charge in [-0.25, -0.2) is 4.39 Å². The molecule has 0 spiro atoms. The molecular formula is C20H23FN2O2S. The van der Waals surface area contributed by atoms with Crippen molar-refractivity contribution in [1.29, 1.82) is 0 Å². The molecule has 1 saturated heterocycles. The number of hydrogen-bond acceptors (Lipinski definition) is 4. The van der Waals surface area contributed by atoms with Crippen molar-refractivity contribution in [2.45, 2.75) is 29.9 Å². The van der Waals surface area contributed by atoms with Gasteiger partial charge in [-0.3, -0.25) is 4.79 Å². The molecule has 138 valence electrons. The first kappa shape index (κ1) is 18.9. The van der Waals surface area contributed by atoms with Crippen LogP contribution in [0.4, 0.5) is 10.1 Å². The molecule has 0 aliphatic carbocycles. The lowest BCUT2D eigenvalue weighted by atomic mass is 10.1. The molecule has 1 aliphatic rings.